The van der Waals surface area contributed by atoms with Gasteiger partial charge in [0.05, 0.1) is 11.2 Å². The number of nitrogens with zero attached hydrogens (tertiary/aromatic N) is 4. The number of halogens is 2. The van der Waals surface area contributed by atoms with E-state index < -0.39 is 5.92 Å². The summed E-state index contributed by atoms with van der Waals surface area (Å²) in [6.07, 6.45) is 3.09. The van der Waals surface area contributed by atoms with Crippen LogP contribution in [-0.2, 0) is 6.54 Å². The molecule has 146 valence electrons. The fraction of sp³-hybridized carbons (Fsp3) is 0.350. The lowest BCUT2D eigenvalue weighted by Crippen LogP contribution is -2.38. The molecule has 0 atom stereocenters. The average molecular weight is 385 g/mol. The molecule has 3 aromatic rings. The number of imidazole rings is 1. The number of carbonyl (C=O) groups excluding carboxylic acids is 1. The lowest BCUT2D eigenvalue weighted by atomic mass is 10.1. The first-order valence-corrected chi connectivity index (χ1v) is 9.22. The van der Waals surface area contributed by atoms with Crippen LogP contribution in [0.5, 0.6) is 0 Å². The molecule has 1 saturated heterocycles. The highest BCUT2D eigenvalue weighted by Gasteiger charge is 2.34. The molecule has 0 bridgehead atoms. The summed E-state index contributed by atoms with van der Waals surface area (Å²) in [5.41, 5.74) is 2.35. The summed E-state index contributed by atoms with van der Waals surface area (Å²) < 4.78 is 28.6. The van der Waals surface area contributed by atoms with Crippen molar-refractivity contribution in [2.75, 3.05) is 18.4 Å². The molecular formula is C20H21F2N5O. The predicted molar refractivity (Wildman–Crippen MR) is 102 cm³/mol. The van der Waals surface area contributed by atoms with Crippen molar-refractivity contribution in [1.29, 1.82) is 0 Å². The summed E-state index contributed by atoms with van der Waals surface area (Å²) in [6, 6.07) is 9.24. The largest absolute Gasteiger partial charge is 0.304 e. The Morgan fingerprint density at radius 3 is 2.75 bits per heavy atom. The summed E-state index contributed by atoms with van der Waals surface area (Å²) >= 11 is 0. The number of piperidine rings is 1. The minimum Gasteiger partial charge on any atom is -0.304 e. The smallest absolute Gasteiger partial charge is 0.293 e. The van der Waals surface area contributed by atoms with Gasteiger partial charge in [0, 0.05) is 44.9 Å². The second kappa shape index (κ2) is 7.27. The molecule has 6 nitrogen and oxygen atoms in total. The van der Waals surface area contributed by atoms with Gasteiger partial charge in [0.25, 0.3) is 11.8 Å². The molecule has 1 aliphatic rings. The zero-order valence-corrected chi connectivity index (χ0v) is 15.5. The second-order valence-corrected chi connectivity index (χ2v) is 7.09. The van der Waals surface area contributed by atoms with Gasteiger partial charge in [-0.3, -0.25) is 14.1 Å². The van der Waals surface area contributed by atoms with E-state index in [9.17, 15) is 13.6 Å². The van der Waals surface area contributed by atoms with Gasteiger partial charge in [-0.15, -0.1) is 0 Å². The number of rotatable bonds is 4. The van der Waals surface area contributed by atoms with Crippen LogP contribution in [0.15, 0.2) is 42.7 Å². The highest BCUT2D eigenvalue weighted by molar-refractivity contribution is 6.02. The normalized spacial score (nSPS) is 17.0. The van der Waals surface area contributed by atoms with Crippen LogP contribution in [0.25, 0.3) is 5.52 Å². The third-order valence-corrected chi connectivity index (χ3v) is 5.03. The van der Waals surface area contributed by atoms with Gasteiger partial charge in [-0.1, -0.05) is 12.1 Å². The van der Waals surface area contributed by atoms with Crippen molar-refractivity contribution in [2.24, 2.45) is 0 Å². The van der Waals surface area contributed by atoms with Crippen LogP contribution in [0, 0.1) is 6.92 Å². The van der Waals surface area contributed by atoms with Crippen LogP contribution in [0.1, 0.15) is 34.7 Å². The maximum atomic E-state index is 13.4. The van der Waals surface area contributed by atoms with Gasteiger partial charge in [0.2, 0.25) is 5.82 Å². The van der Waals surface area contributed by atoms with Crippen LogP contribution in [0.4, 0.5) is 14.6 Å². The molecule has 1 N–H and O–H groups in total. The van der Waals surface area contributed by atoms with E-state index in [1.807, 2.05) is 36.1 Å². The maximum Gasteiger partial charge on any atom is 0.293 e. The minimum atomic E-state index is -2.58. The summed E-state index contributed by atoms with van der Waals surface area (Å²) in [4.78, 5) is 23.5. The molecule has 0 radical (unpaired) electrons. The molecule has 3 aromatic heterocycles. The average Bonchev–Trinajstić information content (AvgIpc) is 3.04. The number of pyridine rings is 2. The third-order valence-electron chi connectivity index (χ3n) is 5.03. The Hall–Kier alpha value is -2.87. The number of likely N-dealkylation sites (tertiary alicyclic amines) is 1. The molecule has 0 aromatic carbocycles. The predicted octanol–water partition coefficient (Wildman–Crippen LogP) is 3.52. The molecule has 4 rings (SSSR count). The highest BCUT2D eigenvalue weighted by Crippen LogP contribution is 2.29. The number of alkyl halides is 2. The number of hydrogen-bond donors (Lipinski definition) is 1. The van der Waals surface area contributed by atoms with Gasteiger partial charge >= 0.3 is 0 Å². The number of anilines is 1. The van der Waals surface area contributed by atoms with Crippen molar-refractivity contribution >= 4 is 17.2 Å². The van der Waals surface area contributed by atoms with E-state index in [4.69, 9.17) is 0 Å². The first-order chi connectivity index (χ1) is 13.4. The molecule has 0 aliphatic carbocycles. The minimum absolute atomic E-state index is 0.148. The van der Waals surface area contributed by atoms with Crippen molar-refractivity contribution in [3.63, 3.8) is 0 Å². The van der Waals surface area contributed by atoms with E-state index in [0.717, 1.165) is 11.1 Å². The molecule has 4 heterocycles. The van der Waals surface area contributed by atoms with Crippen LogP contribution in [0.3, 0.4) is 0 Å². The number of aromatic nitrogens is 3. The summed E-state index contributed by atoms with van der Waals surface area (Å²) in [6.45, 7) is 2.92. The van der Waals surface area contributed by atoms with Crippen LogP contribution in [-0.4, -0.2) is 44.2 Å². The quantitative estimate of drug-likeness (QED) is 0.746. The second-order valence-electron chi connectivity index (χ2n) is 7.09. The Morgan fingerprint density at radius 2 is 2.00 bits per heavy atom. The number of hydrogen-bond acceptors (Lipinski definition) is 4. The SMILES string of the molecule is Cc1cccnc1NC(=O)c1nc(CN2CCC(F)(F)CC2)c2ccccn12. The van der Waals surface area contributed by atoms with Crippen LogP contribution < -0.4 is 5.32 Å². The van der Waals surface area contributed by atoms with E-state index in [-0.39, 0.29) is 24.6 Å². The fourth-order valence-electron chi connectivity index (χ4n) is 3.41. The van der Waals surface area contributed by atoms with E-state index in [1.54, 1.807) is 22.9 Å². The van der Waals surface area contributed by atoms with Crippen molar-refractivity contribution in [3.05, 3.63) is 59.8 Å². The fourth-order valence-corrected chi connectivity index (χ4v) is 3.41. The molecule has 1 amide bonds. The third kappa shape index (κ3) is 3.73. The van der Waals surface area contributed by atoms with E-state index in [2.05, 4.69) is 15.3 Å². The summed E-state index contributed by atoms with van der Waals surface area (Å²) in [5, 5.41) is 2.80. The molecule has 28 heavy (non-hydrogen) atoms. The van der Waals surface area contributed by atoms with Gasteiger partial charge in [-0.05, 0) is 30.7 Å². The van der Waals surface area contributed by atoms with Gasteiger partial charge < -0.3 is 5.32 Å². The highest BCUT2D eigenvalue weighted by atomic mass is 19.3. The zero-order valence-electron chi connectivity index (χ0n) is 15.5. The van der Waals surface area contributed by atoms with Gasteiger partial charge in [-0.2, -0.15) is 0 Å². The number of aryl methyl sites for hydroxylation is 1. The van der Waals surface area contributed by atoms with Gasteiger partial charge in [0.1, 0.15) is 5.82 Å². The molecule has 0 spiro atoms. The van der Waals surface area contributed by atoms with Crippen molar-refractivity contribution in [1.82, 2.24) is 19.3 Å². The van der Waals surface area contributed by atoms with E-state index in [0.29, 0.717) is 31.1 Å². The number of amides is 1. The lowest BCUT2D eigenvalue weighted by Gasteiger charge is -2.31. The Kier molecular flexibility index (Phi) is 4.80. The molecule has 8 heteroatoms. The molecular weight excluding hydrogens is 364 g/mol. The number of fused-ring (bicyclic) bond motifs is 1. The van der Waals surface area contributed by atoms with Gasteiger partial charge in [-0.25, -0.2) is 18.7 Å². The standard InChI is InChI=1S/C20H21F2N5O/c1-14-5-4-9-23-17(14)25-19(28)18-24-15(16-6-2-3-10-27(16)18)13-26-11-7-20(21,22)8-12-26/h2-6,9-10H,7-8,11-13H2,1H3,(H,23,25,28). The van der Waals surface area contributed by atoms with Crippen molar-refractivity contribution in [3.8, 4) is 0 Å². The summed E-state index contributed by atoms with van der Waals surface area (Å²) in [7, 11) is 0. The lowest BCUT2D eigenvalue weighted by molar-refractivity contribution is -0.0567. The number of nitrogens with one attached hydrogen (secondary N) is 1. The molecule has 1 aliphatic heterocycles. The Balaban J connectivity index is 1.60. The summed E-state index contributed by atoms with van der Waals surface area (Å²) in [5.74, 6) is -2.21. The van der Waals surface area contributed by atoms with Gasteiger partial charge in [0.15, 0.2) is 0 Å². The van der Waals surface area contributed by atoms with E-state index in [1.165, 1.54) is 0 Å². The van der Waals surface area contributed by atoms with E-state index >= 15 is 0 Å². The Bertz CT molecular complexity index is 1010. The monoisotopic (exact) mass is 385 g/mol. The first-order valence-electron chi connectivity index (χ1n) is 9.22. The van der Waals surface area contributed by atoms with Crippen molar-refractivity contribution < 1.29 is 13.6 Å². The van der Waals surface area contributed by atoms with Crippen LogP contribution in [0.2, 0.25) is 0 Å². The number of carbonyl (C=O) groups is 1. The first kappa shape index (κ1) is 18.5. The van der Waals surface area contributed by atoms with Crippen LogP contribution >= 0.6 is 0 Å². The molecule has 1 fully saturated rings. The molecule has 0 unspecified atom stereocenters. The molecule has 0 saturated carbocycles. The van der Waals surface area contributed by atoms with Crippen molar-refractivity contribution in [2.45, 2.75) is 32.2 Å². The Labute approximate surface area is 161 Å². The topological polar surface area (TPSA) is 62.5 Å². The Morgan fingerprint density at radius 1 is 1.21 bits per heavy atom. The zero-order chi connectivity index (χ0) is 19.7. The maximum absolute atomic E-state index is 13.4.